The number of aliphatic imine (C=N–C) groups is 1. The fourth-order valence-corrected chi connectivity index (χ4v) is 1.05. The molecule has 0 radical (unpaired) electrons. The molecule has 1 aliphatic rings. The summed E-state index contributed by atoms with van der Waals surface area (Å²) in [6, 6.07) is 0. The number of hydrogen-bond donors (Lipinski definition) is 2. The van der Waals surface area contributed by atoms with E-state index in [0.717, 1.165) is 0 Å². The van der Waals surface area contributed by atoms with Crippen molar-refractivity contribution in [2.75, 3.05) is 27.2 Å². The molecule has 12 heavy (non-hydrogen) atoms. The van der Waals surface area contributed by atoms with Crippen LogP contribution < -0.4 is 10.7 Å². The van der Waals surface area contributed by atoms with E-state index in [4.69, 9.17) is 0 Å². The number of nitrogens with one attached hydrogen (secondary N) is 2. The van der Waals surface area contributed by atoms with E-state index >= 15 is 0 Å². The second kappa shape index (κ2) is 4.06. The van der Waals surface area contributed by atoms with Crippen molar-refractivity contribution >= 4 is 12.2 Å². The molecule has 2 N–H and O–H groups in total. The molecule has 0 spiro atoms. The molecule has 1 aliphatic heterocycles. The van der Waals surface area contributed by atoms with Crippen molar-refractivity contribution in [3.05, 3.63) is 0 Å². The number of rotatable bonds is 2. The Morgan fingerprint density at radius 1 is 1.83 bits per heavy atom. The van der Waals surface area contributed by atoms with Crippen molar-refractivity contribution in [1.29, 1.82) is 0 Å². The second-order valence-electron chi connectivity index (χ2n) is 2.72. The highest BCUT2D eigenvalue weighted by Crippen LogP contribution is 2.01. The van der Waals surface area contributed by atoms with Gasteiger partial charge in [-0.1, -0.05) is 0 Å². The van der Waals surface area contributed by atoms with E-state index < -0.39 is 0 Å². The average Bonchev–Trinajstić information content (AvgIpc) is 2.17. The van der Waals surface area contributed by atoms with Crippen LogP contribution in [-0.4, -0.2) is 44.4 Å². The van der Waals surface area contributed by atoms with Gasteiger partial charge in [0, 0.05) is 20.6 Å². The molecule has 0 bridgehead atoms. The predicted octanol–water partition coefficient (Wildman–Crippen LogP) is -1.17. The minimum atomic E-state index is -0.0348. The molecule has 0 saturated heterocycles. The summed E-state index contributed by atoms with van der Waals surface area (Å²) in [5.41, 5.74) is 2.77. The molecule has 5 nitrogen and oxygen atoms in total. The molecule has 1 amide bonds. The van der Waals surface area contributed by atoms with Gasteiger partial charge in [-0.25, -0.2) is 5.43 Å². The van der Waals surface area contributed by atoms with Gasteiger partial charge in [-0.3, -0.25) is 14.8 Å². The first-order valence-corrected chi connectivity index (χ1v) is 3.92. The Morgan fingerprint density at radius 3 is 3.08 bits per heavy atom. The molecule has 1 heterocycles. The summed E-state index contributed by atoms with van der Waals surface area (Å²) in [6.07, 6.45) is 1.64. The summed E-state index contributed by atoms with van der Waals surface area (Å²) in [6.45, 7) is 1.26. The van der Waals surface area contributed by atoms with Crippen molar-refractivity contribution in [3.8, 4) is 0 Å². The topological polar surface area (TPSA) is 56.7 Å². The average molecular weight is 170 g/mol. The lowest BCUT2D eigenvalue weighted by molar-refractivity contribution is -0.136. The number of hydrogen-bond acceptors (Lipinski definition) is 4. The summed E-state index contributed by atoms with van der Waals surface area (Å²) in [7, 11) is 3.43. The van der Waals surface area contributed by atoms with E-state index in [1.807, 2.05) is 0 Å². The largest absolute Gasteiger partial charge is 0.376 e. The van der Waals surface area contributed by atoms with Gasteiger partial charge in [-0.2, -0.15) is 0 Å². The standard InChI is InChI=1S/C7H14N4O/c1-8-11(2)7(12)6-3-9-5-10-4-6/h5-6,8H,3-4H2,1-2H3,(H,9,10). The lowest BCUT2D eigenvalue weighted by Gasteiger charge is -2.23. The zero-order valence-corrected chi connectivity index (χ0v) is 7.37. The molecule has 1 atom stereocenters. The molecule has 68 valence electrons. The quantitative estimate of drug-likeness (QED) is 0.513. The van der Waals surface area contributed by atoms with Gasteiger partial charge in [0.15, 0.2) is 0 Å². The second-order valence-corrected chi connectivity index (χ2v) is 2.72. The maximum Gasteiger partial charge on any atom is 0.243 e. The summed E-state index contributed by atoms with van der Waals surface area (Å²) in [4.78, 5) is 15.5. The Bertz CT molecular complexity index is 192. The zero-order chi connectivity index (χ0) is 8.97. The van der Waals surface area contributed by atoms with Gasteiger partial charge in [0.05, 0.1) is 18.8 Å². The van der Waals surface area contributed by atoms with Crippen LogP contribution in [0, 0.1) is 5.92 Å². The maximum atomic E-state index is 11.5. The van der Waals surface area contributed by atoms with Crippen LogP contribution in [0.1, 0.15) is 0 Å². The van der Waals surface area contributed by atoms with Gasteiger partial charge in [0.2, 0.25) is 5.91 Å². The van der Waals surface area contributed by atoms with E-state index in [1.54, 1.807) is 20.4 Å². The number of carbonyl (C=O) groups is 1. The highest BCUT2D eigenvalue weighted by atomic mass is 16.2. The minimum absolute atomic E-state index is 0.0348. The molecule has 0 fully saturated rings. The molecular formula is C7H14N4O. The van der Waals surface area contributed by atoms with Gasteiger partial charge in [-0.15, -0.1) is 0 Å². The fourth-order valence-electron chi connectivity index (χ4n) is 1.05. The van der Waals surface area contributed by atoms with Crippen molar-refractivity contribution in [2.45, 2.75) is 0 Å². The van der Waals surface area contributed by atoms with Crippen LogP contribution in [0.25, 0.3) is 0 Å². The van der Waals surface area contributed by atoms with Crippen LogP contribution in [0.4, 0.5) is 0 Å². The number of nitrogens with zero attached hydrogens (tertiary/aromatic N) is 2. The van der Waals surface area contributed by atoms with Gasteiger partial charge < -0.3 is 5.32 Å². The van der Waals surface area contributed by atoms with Gasteiger partial charge in [0.25, 0.3) is 0 Å². The van der Waals surface area contributed by atoms with Crippen LogP contribution in [0.5, 0.6) is 0 Å². The lowest BCUT2D eigenvalue weighted by Crippen LogP contribution is -2.46. The molecule has 0 aromatic heterocycles. The molecule has 1 rings (SSSR count). The summed E-state index contributed by atoms with van der Waals surface area (Å²) < 4.78 is 0. The normalized spacial score (nSPS) is 21.7. The Balaban J connectivity index is 2.46. The van der Waals surface area contributed by atoms with Crippen LogP contribution in [0.2, 0.25) is 0 Å². The monoisotopic (exact) mass is 170 g/mol. The predicted molar refractivity (Wildman–Crippen MR) is 46.7 cm³/mol. The van der Waals surface area contributed by atoms with E-state index in [0.29, 0.717) is 13.1 Å². The first-order valence-electron chi connectivity index (χ1n) is 3.92. The minimum Gasteiger partial charge on any atom is -0.376 e. The van der Waals surface area contributed by atoms with Gasteiger partial charge in [0.1, 0.15) is 0 Å². The third-order valence-electron chi connectivity index (χ3n) is 1.89. The molecule has 0 aliphatic carbocycles. The number of carbonyl (C=O) groups excluding carboxylic acids is 1. The molecule has 5 heteroatoms. The summed E-state index contributed by atoms with van der Waals surface area (Å²) in [5.74, 6) is 0.0364. The Labute approximate surface area is 71.8 Å². The van der Waals surface area contributed by atoms with Crippen LogP contribution in [-0.2, 0) is 4.79 Å². The summed E-state index contributed by atoms with van der Waals surface area (Å²) in [5, 5.41) is 4.41. The zero-order valence-electron chi connectivity index (χ0n) is 7.37. The van der Waals surface area contributed by atoms with E-state index in [-0.39, 0.29) is 11.8 Å². The molecular weight excluding hydrogens is 156 g/mol. The van der Waals surface area contributed by atoms with E-state index in [9.17, 15) is 4.79 Å². The smallest absolute Gasteiger partial charge is 0.243 e. The van der Waals surface area contributed by atoms with Crippen LogP contribution in [0.3, 0.4) is 0 Å². The van der Waals surface area contributed by atoms with Crippen LogP contribution in [0.15, 0.2) is 4.99 Å². The van der Waals surface area contributed by atoms with Gasteiger partial charge in [-0.05, 0) is 0 Å². The fraction of sp³-hybridized carbons (Fsp3) is 0.714. The van der Waals surface area contributed by atoms with Crippen LogP contribution >= 0.6 is 0 Å². The third kappa shape index (κ3) is 1.94. The summed E-state index contributed by atoms with van der Waals surface area (Å²) >= 11 is 0. The van der Waals surface area contributed by atoms with E-state index in [1.165, 1.54) is 5.01 Å². The van der Waals surface area contributed by atoms with E-state index in [2.05, 4.69) is 15.7 Å². The first kappa shape index (κ1) is 8.99. The van der Waals surface area contributed by atoms with Crippen molar-refractivity contribution in [2.24, 2.45) is 10.9 Å². The SMILES string of the molecule is CNN(C)C(=O)C1CN=CNC1. The van der Waals surface area contributed by atoms with Crippen molar-refractivity contribution in [1.82, 2.24) is 15.8 Å². The first-order chi connectivity index (χ1) is 5.75. The maximum absolute atomic E-state index is 11.5. The van der Waals surface area contributed by atoms with Gasteiger partial charge >= 0.3 is 0 Å². The lowest BCUT2D eigenvalue weighted by atomic mass is 10.1. The van der Waals surface area contributed by atoms with Crippen molar-refractivity contribution < 1.29 is 4.79 Å². The molecule has 1 unspecified atom stereocenters. The third-order valence-corrected chi connectivity index (χ3v) is 1.89. The molecule has 0 aromatic rings. The highest BCUT2D eigenvalue weighted by molar-refractivity contribution is 5.79. The number of amides is 1. The van der Waals surface area contributed by atoms with Crippen molar-refractivity contribution in [3.63, 3.8) is 0 Å². The Morgan fingerprint density at radius 2 is 2.58 bits per heavy atom. The highest BCUT2D eigenvalue weighted by Gasteiger charge is 2.21. The molecule has 0 aromatic carbocycles. The number of hydrazine groups is 1. The molecule has 0 saturated carbocycles. The Hall–Kier alpha value is -1.10. The Kier molecular flexibility index (Phi) is 3.04.